The van der Waals surface area contributed by atoms with Gasteiger partial charge in [-0.1, -0.05) is 19.8 Å². The Morgan fingerprint density at radius 2 is 2.05 bits per heavy atom. The van der Waals surface area contributed by atoms with Crippen molar-refractivity contribution in [2.45, 2.75) is 39.2 Å². The Labute approximate surface area is 119 Å². The van der Waals surface area contributed by atoms with E-state index in [4.69, 9.17) is 10.5 Å². The number of aromatic nitrogens is 2. The average Bonchev–Trinajstić information content (AvgIpc) is 2.77. The number of hydrogen-bond acceptors (Lipinski definition) is 3. The fourth-order valence-corrected chi connectivity index (χ4v) is 3.21. The summed E-state index contributed by atoms with van der Waals surface area (Å²) < 4.78 is 7.46. The van der Waals surface area contributed by atoms with Crippen LogP contribution in [0.15, 0.2) is 18.2 Å². The molecule has 0 spiro atoms. The number of anilines is 1. The van der Waals surface area contributed by atoms with E-state index in [-0.39, 0.29) is 0 Å². The van der Waals surface area contributed by atoms with Crippen molar-refractivity contribution in [1.82, 2.24) is 9.55 Å². The first-order chi connectivity index (χ1) is 9.67. The van der Waals surface area contributed by atoms with Crippen LogP contribution in [0.1, 0.15) is 32.6 Å². The molecule has 20 heavy (non-hydrogen) atoms. The minimum Gasteiger partial charge on any atom is -0.497 e. The first-order valence-corrected chi connectivity index (χ1v) is 7.47. The molecule has 0 aliphatic heterocycles. The van der Waals surface area contributed by atoms with Crippen molar-refractivity contribution in [3.8, 4) is 5.75 Å². The van der Waals surface area contributed by atoms with E-state index >= 15 is 0 Å². The summed E-state index contributed by atoms with van der Waals surface area (Å²) >= 11 is 0. The first-order valence-electron chi connectivity index (χ1n) is 7.47. The largest absolute Gasteiger partial charge is 0.497 e. The third kappa shape index (κ3) is 2.47. The molecule has 1 aromatic heterocycles. The molecule has 0 unspecified atom stereocenters. The molecule has 2 N–H and O–H groups in total. The lowest BCUT2D eigenvalue weighted by Crippen LogP contribution is -2.18. The van der Waals surface area contributed by atoms with Gasteiger partial charge in [-0.2, -0.15) is 0 Å². The molecule has 0 bridgehead atoms. The summed E-state index contributed by atoms with van der Waals surface area (Å²) in [5.74, 6) is 3.07. The number of fused-ring (bicyclic) bond motifs is 1. The van der Waals surface area contributed by atoms with Gasteiger partial charge in [0.1, 0.15) is 5.75 Å². The summed E-state index contributed by atoms with van der Waals surface area (Å²) in [4.78, 5) is 4.45. The molecule has 108 valence electrons. The molecule has 0 radical (unpaired) electrons. The number of nitrogen functional groups attached to an aromatic ring is 1. The van der Waals surface area contributed by atoms with Crippen molar-refractivity contribution in [2.24, 2.45) is 11.8 Å². The third-order valence-electron chi connectivity index (χ3n) is 4.56. The van der Waals surface area contributed by atoms with Gasteiger partial charge in [-0.05, 0) is 36.8 Å². The van der Waals surface area contributed by atoms with Gasteiger partial charge in [0.25, 0.3) is 0 Å². The third-order valence-corrected chi connectivity index (χ3v) is 4.56. The molecule has 0 saturated heterocycles. The molecule has 0 atom stereocenters. The van der Waals surface area contributed by atoms with Crippen LogP contribution in [0, 0.1) is 11.8 Å². The van der Waals surface area contributed by atoms with Crippen LogP contribution in [0.5, 0.6) is 5.75 Å². The Morgan fingerprint density at radius 3 is 2.75 bits per heavy atom. The maximum absolute atomic E-state index is 6.10. The summed E-state index contributed by atoms with van der Waals surface area (Å²) in [6.07, 6.45) is 5.26. The quantitative estimate of drug-likeness (QED) is 0.931. The maximum atomic E-state index is 6.10. The SMILES string of the molecule is COc1ccc2nc(N)n(CC3CCC(C)CC3)c2c1. The van der Waals surface area contributed by atoms with Gasteiger partial charge < -0.3 is 15.0 Å². The highest BCUT2D eigenvalue weighted by molar-refractivity contribution is 5.79. The number of methoxy groups -OCH3 is 1. The highest BCUT2D eigenvalue weighted by Crippen LogP contribution is 2.31. The lowest BCUT2D eigenvalue weighted by atomic mass is 9.83. The van der Waals surface area contributed by atoms with E-state index < -0.39 is 0 Å². The summed E-state index contributed by atoms with van der Waals surface area (Å²) in [5, 5.41) is 0. The molecule has 2 aromatic rings. The first kappa shape index (κ1) is 13.3. The number of hydrogen-bond donors (Lipinski definition) is 1. The van der Waals surface area contributed by atoms with Gasteiger partial charge in [0.05, 0.1) is 18.1 Å². The Morgan fingerprint density at radius 1 is 1.30 bits per heavy atom. The van der Waals surface area contributed by atoms with E-state index in [0.717, 1.165) is 35.2 Å². The van der Waals surface area contributed by atoms with Crippen LogP contribution < -0.4 is 10.5 Å². The van der Waals surface area contributed by atoms with Crippen molar-refractivity contribution in [2.75, 3.05) is 12.8 Å². The highest BCUT2D eigenvalue weighted by Gasteiger charge is 2.20. The van der Waals surface area contributed by atoms with Crippen LogP contribution in [0.4, 0.5) is 5.95 Å². The van der Waals surface area contributed by atoms with Crippen molar-refractivity contribution in [1.29, 1.82) is 0 Å². The van der Waals surface area contributed by atoms with Gasteiger partial charge in [0, 0.05) is 12.6 Å². The Balaban J connectivity index is 1.88. The zero-order valence-corrected chi connectivity index (χ0v) is 12.3. The zero-order valence-electron chi connectivity index (χ0n) is 12.3. The fourth-order valence-electron chi connectivity index (χ4n) is 3.21. The second-order valence-electron chi connectivity index (χ2n) is 6.06. The Bertz CT molecular complexity index is 597. The van der Waals surface area contributed by atoms with Crippen molar-refractivity contribution in [3.05, 3.63) is 18.2 Å². The van der Waals surface area contributed by atoms with E-state index in [1.807, 2.05) is 18.2 Å². The predicted molar refractivity (Wildman–Crippen MR) is 81.8 cm³/mol. The second-order valence-corrected chi connectivity index (χ2v) is 6.06. The van der Waals surface area contributed by atoms with Gasteiger partial charge in [0.15, 0.2) is 0 Å². The molecule has 4 nitrogen and oxygen atoms in total. The number of rotatable bonds is 3. The van der Waals surface area contributed by atoms with E-state index in [9.17, 15) is 0 Å². The topological polar surface area (TPSA) is 53.1 Å². The van der Waals surface area contributed by atoms with Gasteiger partial charge in [0.2, 0.25) is 5.95 Å². The van der Waals surface area contributed by atoms with Gasteiger partial charge in [-0.3, -0.25) is 0 Å². The van der Waals surface area contributed by atoms with Gasteiger partial charge >= 0.3 is 0 Å². The predicted octanol–water partition coefficient (Wildman–Crippen LogP) is 3.45. The smallest absolute Gasteiger partial charge is 0.201 e. The summed E-state index contributed by atoms with van der Waals surface area (Å²) in [6, 6.07) is 5.94. The standard InChI is InChI=1S/C16H23N3O/c1-11-3-5-12(6-4-11)10-19-15-9-13(20-2)7-8-14(15)18-16(19)17/h7-9,11-12H,3-6,10H2,1-2H3,(H2,17,18). The van der Waals surface area contributed by atoms with E-state index in [0.29, 0.717) is 5.95 Å². The molecular formula is C16H23N3O. The number of nitrogens with two attached hydrogens (primary N) is 1. The maximum Gasteiger partial charge on any atom is 0.201 e. The number of nitrogens with zero attached hydrogens (tertiary/aromatic N) is 2. The van der Waals surface area contributed by atoms with Crippen molar-refractivity contribution >= 4 is 17.0 Å². The van der Waals surface area contributed by atoms with Crippen LogP contribution in [0.3, 0.4) is 0 Å². The number of ether oxygens (including phenoxy) is 1. The van der Waals surface area contributed by atoms with Gasteiger partial charge in [-0.25, -0.2) is 4.98 Å². The van der Waals surface area contributed by atoms with Crippen LogP contribution in [-0.2, 0) is 6.54 Å². The van der Waals surface area contributed by atoms with Crippen LogP contribution in [-0.4, -0.2) is 16.7 Å². The minimum absolute atomic E-state index is 0.617. The second kappa shape index (κ2) is 5.35. The lowest BCUT2D eigenvalue weighted by Gasteiger charge is -2.26. The molecule has 1 heterocycles. The molecule has 1 fully saturated rings. The molecule has 1 aromatic carbocycles. The fraction of sp³-hybridized carbons (Fsp3) is 0.562. The molecular weight excluding hydrogens is 250 g/mol. The Hall–Kier alpha value is -1.71. The van der Waals surface area contributed by atoms with Crippen LogP contribution >= 0.6 is 0 Å². The number of imidazole rings is 1. The lowest BCUT2D eigenvalue weighted by molar-refractivity contribution is 0.267. The molecule has 0 amide bonds. The normalized spacial score (nSPS) is 23.1. The van der Waals surface area contributed by atoms with E-state index in [1.54, 1.807) is 7.11 Å². The minimum atomic E-state index is 0.617. The van der Waals surface area contributed by atoms with Crippen molar-refractivity contribution < 1.29 is 4.74 Å². The summed E-state index contributed by atoms with van der Waals surface area (Å²) in [5.41, 5.74) is 8.14. The molecule has 1 aliphatic carbocycles. The monoisotopic (exact) mass is 273 g/mol. The van der Waals surface area contributed by atoms with Crippen LogP contribution in [0.2, 0.25) is 0 Å². The van der Waals surface area contributed by atoms with Crippen molar-refractivity contribution in [3.63, 3.8) is 0 Å². The van der Waals surface area contributed by atoms with Crippen LogP contribution in [0.25, 0.3) is 11.0 Å². The summed E-state index contributed by atoms with van der Waals surface area (Å²) in [6.45, 7) is 3.32. The summed E-state index contributed by atoms with van der Waals surface area (Å²) in [7, 11) is 1.69. The molecule has 1 aliphatic rings. The Kier molecular flexibility index (Phi) is 3.55. The van der Waals surface area contributed by atoms with Gasteiger partial charge in [-0.15, -0.1) is 0 Å². The zero-order chi connectivity index (χ0) is 14.1. The average molecular weight is 273 g/mol. The highest BCUT2D eigenvalue weighted by atomic mass is 16.5. The van der Waals surface area contributed by atoms with E-state index in [1.165, 1.54) is 25.7 Å². The molecule has 3 rings (SSSR count). The van der Waals surface area contributed by atoms with E-state index in [2.05, 4.69) is 16.5 Å². The number of benzene rings is 1. The molecule has 1 saturated carbocycles. The molecule has 4 heteroatoms.